The summed E-state index contributed by atoms with van der Waals surface area (Å²) in [5.74, 6) is -1.25. The number of nitrogens with one attached hydrogen (secondary N) is 1. The van der Waals surface area contributed by atoms with Crippen molar-refractivity contribution in [3.05, 3.63) is 35.4 Å². The minimum absolute atomic E-state index is 0. The van der Waals surface area contributed by atoms with Crippen LogP contribution in [0.3, 0.4) is 0 Å². The normalized spacial score (nSPS) is 28.0. The summed E-state index contributed by atoms with van der Waals surface area (Å²) in [6.45, 7) is 4.32. The van der Waals surface area contributed by atoms with Crippen LogP contribution in [-0.2, 0) is 4.79 Å². The molecule has 1 aliphatic heterocycles. The number of carbonyl (C=O) groups is 1. The van der Waals surface area contributed by atoms with Crippen LogP contribution in [0, 0.1) is 17.6 Å². The summed E-state index contributed by atoms with van der Waals surface area (Å²) in [5, 5.41) is 3.24. The van der Waals surface area contributed by atoms with Crippen LogP contribution in [0.1, 0.15) is 24.8 Å². The lowest BCUT2D eigenvalue weighted by atomic mass is 10.1. The highest BCUT2D eigenvalue weighted by atomic mass is 35.5. The van der Waals surface area contributed by atoms with Gasteiger partial charge in [0.05, 0.1) is 0 Å². The van der Waals surface area contributed by atoms with Crippen LogP contribution < -0.4 is 5.32 Å². The fraction of sp³-hybridized carbons (Fsp3) is 0.533. The summed E-state index contributed by atoms with van der Waals surface area (Å²) < 4.78 is 26.6. The average Bonchev–Trinajstić information content (AvgIpc) is 3.18. The number of rotatable bonds is 2. The van der Waals surface area contributed by atoms with E-state index in [1.54, 1.807) is 0 Å². The van der Waals surface area contributed by atoms with E-state index in [4.69, 9.17) is 0 Å². The van der Waals surface area contributed by atoms with E-state index in [1.807, 2.05) is 11.8 Å². The van der Waals surface area contributed by atoms with Crippen molar-refractivity contribution >= 4 is 18.3 Å². The Labute approximate surface area is 129 Å². The maximum atomic E-state index is 13.7. The molecular weight excluding hydrogens is 298 g/mol. The molecule has 116 valence electrons. The van der Waals surface area contributed by atoms with Crippen molar-refractivity contribution < 1.29 is 13.6 Å². The van der Waals surface area contributed by atoms with E-state index in [-0.39, 0.29) is 36.2 Å². The highest BCUT2D eigenvalue weighted by Crippen LogP contribution is 2.49. The van der Waals surface area contributed by atoms with Crippen molar-refractivity contribution in [2.24, 2.45) is 5.92 Å². The minimum atomic E-state index is -0.578. The van der Waals surface area contributed by atoms with Gasteiger partial charge in [0, 0.05) is 37.7 Å². The highest BCUT2D eigenvalue weighted by Gasteiger charge is 2.47. The quantitative estimate of drug-likeness (QED) is 0.908. The highest BCUT2D eigenvalue weighted by molar-refractivity contribution is 5.85. The summed E-state index contributed by atoms with van der Waals surface area (Å²) in [6, 6.07) is 3.79. The lowest BCUT2D eigenvalue weighted by Gasteiger charge is -2.34. The SMILES string of the molecule is C[C@H]1CNCCN1C(=O)C1CC1c1ccc(F)cc1F.Cl. The van der Waals surface area contributed by atoms with E-state index in [0.717, 1.165) is 19.2 Å². The first-order chi connectivity index (χ1) is 9.58. The summed E-state index contributed by atoms with van der Waals surface area (Å²) in [5.41, 5.74) is 0.465. The van der Waals surface area contributed by atoms with E-state index < -0.39 is 11.6 Å². The largest absolute Gasteiger partial charge is 0.337 e. The molecule has 3 atom stereocenters. The first kappa shape index (κ1) is 16.2. The van der Waals surface area contributed by atoms with Crippen LogP contribution in [-0.4, -0.2) is 36.5 Å². The zero-order chi connectivity index (χ0) is 14.3. The number of hydrogen-bond donors (Lipinski definition) is 1. The van der Waals surface area contributed by atoms with Gasteiger partial charge in [-0.15, -0.1) is 12.4 Å². The Morgan fingerprint density at radius 2 is 2.14 bits per heavy atom. The van der Waals surface area contributed by atoms with Gasteiger partial charge in [0.2, 0.25) is 5.91 Å². The molecule has 0 bridgehead atoms. The third-order valence-electron chi connectivity index (χ3n) is 4.25. The Bertz CT molecular complexity index is 540. The van der Waals surface area contributed by atoms with Gasteiger partial charge in [-0.05, 0) is 30.9 Å². The number of halogens is 3. The van der Waals surface area contributed by atoms with Crippen molar-refractivity contribution in [3.8, 4) is 0 Å². The Morgan fingerprint density at radius 1 is 1.38 bits per heavy atom. The zero-order valence-corrected chi connectivity index (χ0v) is 12.6. The van der Waals surface area contributed by atoms with Gasteiger partial charge in [0.25, 0.3) is 0 Å². The molecule has 1 aromatic rings. The second-order valence-electron chi connectivity index (χ2n) is 5.70. The summed E-state index contributed by atoms with van der Waals surface area (Å²) in [6.07, 6.45) is 0.665. The summed E-state index contributed by atoms with van der Waals surface area (Å²) in [4.78, 5) is 14.3. The molecule has 6 heteroatoms. The van der Waals surface area contributed by atoms with Crippen LogP contribution in [0.4, 0.5) is 8.78 Å². The molecule has 0 aromatic heterocycles. The second kappa shape index (κ2) is 6.28. The second-order valence-corrected chi connectivity index (χ2v) is 5.70. The number of nitrogens with zero attached hydrogens (tertiary/aromatic N) is 1. The number of piperazine rings is 1. The van der Waals surface area contributed by atoms with Gasteiger partial charge < -0.3 is 10.2 Å². The summed E-state index contributed by atoms with van der Waals surface area (Å²) in [7, 11) is 0. The molecule has 1 amide bonds. The van der Waals surface area contributed by atoms with Gasteiger partial charge >= 0.3 is 0 Å². The van der Waals surface area contributed by atoms with E-state index in [1.165, 1.54) is 12.1 Å². The third-order valence-corrected chi connectivity index (χ3v) is 4.25. The first-order valence-electron chi connectivity index (χ1n) is 7.04. The molecule has 1 N–H and O–H groups in total. The van der Waals surface area contributed by atoms with Gasteiger partial charge in [0.1, 0.15) is 11.6 Å². The number of amides is 1. The van der Waals surface area contributed by atoms with E-state index in [9.17, 15) is 13.6 Å². The Morgan fingerprint density at radius 3 is 2.81 bits per heavy atom. The van der Waals surface area contributed by atoms with Crippen molar-refractivity contribution in [3.63, 3.8) is 0 Å². The fourth-order valence-corrected chi connectivity index (χ4v) is 3.00. The average molecular weight is 317 g/mol. The van der Waals surface area contributed by atoms with Crippen molar-refractivity contribution in [1.82, 2.24) is 10.2 Å². The van der Waals surface area contributed by atoms with E-state index >= 15 is 0 Å². The van der Waals surface area contributed by atoms with Gasteiger partial charge in [-0.1, -0.05) is 6.07 Å². The predicted molar refractivity (Wildman–Crippen MR) is 78.5 cm³/mol. The lowest BCUT2D eigenvalue weighted by molar-refractivity contribution is -0.135. The maximum absolute atomic E-state index is 13.7. The first-order valence-corrected chi connectivity index (χ1v) is 7.04. The maximum Gasteiger partial charge on any atom is 0.226 e. The van der Waals surface area contributed by atoms with Gasteiger partial charge in [-0.2, -0.15) is 0 Å². The van der Waals surface area contributed by atoms with Crippen LogP contribution >= 0.6 is 12.4 Å². The summed E-state index contributed by atoms with van der Waals surface area (Å²) >= 11 is 0. The minimum Gasteiger partial charge on any atom is -0.337 e. The molecule has 1 aliphatic carbocycles. The molecule has 3 rings (SSSR count). The Kier molecular flexibility index (Phi) is 4.84. The Hall–Kier alpha value is -1.20. The monoisotopic (exact) mass is 316 g/mol. The molecule has 21 heavy (non-hydrogen) atoms. The third kappa shape index (κ3) is 3.19. The molecule has 3 nitrogen and oxygen atoms in total. The predicted octanol–water partition coefficient (Wildman–Crippen LogP) is 2.31. The van der Waals surface area contributed by atoms with Gasteiger partial charge in [-0.3, -0.25) is 4.79 Å². The molecule has 0 radical (unpaired) electrons. The molecule has 1 aromatic carbocycles. The van der Waals surface area contributed by atoms with Crippen LogP contribution in [0.2, 0.25) is 0 Å². The van der Waals surface area contributed by atoms with E-state index in [2.05, 4.69) is 5.32 Å². The molecular formula is C15H19ClF2N2O. The Balaban J connectivity index is 0.00000161. The van der Waals surface area contributed by atoms with Crippen molar-refractivity contribution in [1.29, 1.82) is 0 Å². The van der Waals surface area contributed by atoms with Crippen LogP contribution in [0.15, 0.2) is 18.2 Å². The molecule has 2 unspecified atom stereocenters. The van der Waals surface area contributed by atoms with Crippen molar-refractivity contribution in [2.45, 2.75) is 25.3 Å². The zero-order valence-electron chi connectivity index (χ0n) is 11.8. The smallest absolute Gasteiger partial charge is 0.226 e. The topological polar surface area (TPSA) is 32.3 Å². The van der Waals surface area contributed by atoms with Gasteiger partial charge in [0.15, 0.2) is 0 Å². The number of carbonyl (C=O) groups excluding carboxylic acids is 1. The molecule has 1 saturated heterocycles. The molecule has 1 heterocycles. The molecule has 2 aliphatic rings. The van der Waals surface area contributed by atoms with Crippen molar-refractivity contribution in [2.75, 3.05) is 19.6 Å². The standard InChI is InChI=1S/C15H18F2N2O.ClH/c1-9-8-18-4-5-19(9)15(20)13-7-12(13)11-3-2-10(16)6-14(11)17;/h2-3,6,9,12-13,18H,4-5,7-8H2,1H3;1H/t9-,12?,13?;/m0./s1. The van der Waals surface area contributed by atoms with Gasteiger partial charge in [-0.25, -0.2) is 8.78 Å². The van der Waals surface area contributed by atoms with Crippen LogP contribution in [0.25, 0.3) is 0 Å². The number of hydrogen-bond acceptors (Lipinski definition) is 2. The molecule has 0 spiro atoms. The van der Waals surface area contributed by atoms with Crippen LogP contribution in [0.5, 0.6) is 0 Å². The molecule has 2 fully saturated rings. The lowest BCUT2D eigenvalue weighted by Crippen LogP contribution is -2.52. The fourth-order valence-electron chi connectivity index (χ4n) is 3.00. The number of benzene rings is 1. The molecule has 1 saturated carbocycles. The van der Waals surface area contributed by atoms with E-state index in [0.29, 0.717) is 18.5 Å².